The van der Waals surface area contributed by atoms with E-state index in [-0.39, 0.29) is 82.8 Å². The fourth-order valence-corrected chi connectivity index (χ4v) is 4.60. The molecule has 5 rings (SSSR count). The minimum absolute atomic E-state index is 0. The molecule has 4 atom stereocenters. The topological polar surface area (TPSA) is 263 Å². The summed E-state index contributed by atoms with van der Waals surface area (Å²) in [5, 5.41) is 38.3. The number of nitrogens with zero attached hydrogens (tertiary/aromatic N) is 3. The third-order valence-corrected chi connectivity index (χ3v) is 6.33. The molecule has 19 heteroatoms. The monoisotopic (exact) mass is 609 g/mol. The van der Waals surface area contributed by atoms with Gasteiger partial charge in [0, 0.05) is 0 Å². The Morgan fingerprint density at radius 2 is 1.80 bits per heavy atom. The van der Waals surface area contributed by atoms with Gasteiger partial charge >= 0.3 is 64.8 Å². The van der Waals surface area contributed by atoms with Gasteiger partial charge in [-0.2, -0.15) is 0 Å². The number of rotatable bonds is 6. The van der Waals surface area contributed by atoms with Crippen LogP contribution in [0.1, 0.15) is 11.8 Å². The summed E-state index contributed by atoms with van der Waals surface area (Å²) in [6.07, 6.45) is -6.31. The number of nitrogens with two attached hydrogens (primary N) is 1. The maximum absolute atomic E-state index is 12.8. The molecule has 4 aromatic rings. The molecule has 3 heterocycles. The quantitative estimate of drug-likeness (QED) is 0.0773. The first-order chi connectivity index (χ1) is 18.3. The van der Waals surface area contributed by atoms with Crippen LogP contribution < -0.4 is 89.9 Å². The number of carbonyl (C=O) groups is 1. The van der Waals surface area contributed by atoms with Crippen LogP contribution >= 0.6 is 7.82 Å². The molecule has 6 N–H and O–H groups in total. The van der Waals surface area contributed by atoms with Gasteiger partial charge in [-0.15, -0.1) is 0 Å². The first kappa shape index (κ1) is 35.3. The van der Waals surface area contributed by atoms with Gasteiger partial charge in [0.1, 0.15) is 18.3 Å². The normalized spacial score (nSPS) is 20.1. The SMILES string of the molecule is Nc1nc2c(c(=O)[nH]1)n(Cc1ccc3ccccc3c1)c[n+]2[C@@H]1O[C@H](COP(=O)([O-])[O-])[C@@H](O)[C@H]1O.O=C([O-])O.[Na+].[Na+]. The van der Waals surface area contributed by atoms with Gasteiger partial charge in [0.25, 0.3) is 11.5 Å². The molecule has 0 bridgehead atoms. The number of phosphoric ester groups is 1. The zero-order valence-corrected chi connectivity index (χ0v) is 26.7. The van der Waals surface area contributed by atoms with Gasteiger partial charge < -0.3 is 54.6 Å². The number of aromatic nitrogens is 4. The van der Waals surface area contributed by atoms with Crippen LogP contribution in [0.25, 0.3) is 21.9 Å². The van der Waals surface area contributed by atoms with Crippen LogP contribution in [0.3, 0.4) is 0 Å². The average Bonchev–Trinajstić information content (AvgIpc) is 3.33. The molecule has 1 aliphatic heterocycles. The van der Waals surface area contributed by atoms with Gasteiger partial charge in [-0.05, 0) is 22.4 Å². The van der Waals surface area contributed by atoms with E-state index < -0.39 is 50.7 Å². The number of aliphatic hydroxyl groups excluding tert-OH is 2. The number of hydrogen-bond donors (Lipinski definition) is 5. The second kappa shape index (κ2) is 14.5. The third kappa shape index (κ3) is 8.58. The van der Waals surface area contributed by atoms with Gasteiger partial charge in [0.05, 0.1) is 21.0 Å². The van der Waals surface area contributed by atoms with Crippen molar-refractivity contribution >= 4 is 41.9 Å². The zero-order valence-electron chi connectivity index (χ0n) is 21.8. The third-order valence-electron chi connectivity index (χ3n) is 5.87. The van der Waals surface area contributed by atoms with Crippen molar-refractivity contribution in [1.82, 2.24) is 14.5 Å². The summed E-state index contributed by atoms with van der Waals surface area (Å²) in [6, 6.07) is 13.7. The standard InChI is InChI=1S/C21H22N5O8P.CH2O3.2Na/c22-21-23-18-15(19(29)24-21)25(8-11-5-6-12-3-1-2-4-13(12)7-11)10-26(18)20-17(28)16(27)14(34-20)9-33-35(30,31)32;2-1(3)4;;/h1-7,10,14,16-17,20,27-28H,8-9H2,(H4-,22,23,24,29,30,31,32);(H2,2,3,4);;/q;;2*+1/p-2/t14-,16-,17-,20-;;;/m1.../s1. The Balaban J connectivity index is 0.000000921. The van der Waals surface area contributed by atoms with E-state index in [1.54, 1.807) is 4.57 Å². The molecule has 0 radical (unpaired) electrons. The van der Waals surface area contributed by atoms with E-state index in [9.17, 15) is 29.4 Å². The van der Waals surface area contributed by atoms with Crippen LogP contribution in [0.2, 0.25) is 0 Å². The predicted octanol–water partition coefficient (Wildman–Crippen LogP) is -8.84. The number of nitrogen functional groups attached to an aromatic ring is 1. The Hall–Kier alpha value is -1.89. The summed E-state index contributed by atoms with van der Waals surface area (Å²) in [4.78, 5) is 49.5. The number of aromatic amines is 1. The molecule has 2 aromatic carbocycles. The number of phosphoric acid groups is 1. The Labute approximate surface area is 275 Å². The summed E-state index contributed by atoms with van der Waals surface area (Å²) in [6.45, 7) is -0.526. The second-order valence-corrected chi connectivity index (χ2v) is 9.66. The van der Waals surface area contributed by atoms with Crippen molar-refractivity contribution in [2.75, 3.05) is 12.3 Å². The average molecular weight is 609 g/mol. The molecule has 0 aliphatic carbocycles. The van der Waals surface area contributed by atoms with E-state index in [2.05, 4.69) is 14.5 Å². The number of benzene rings is 2. The van der Waals surface area contributed by atoms with E-state index in [0.717, 1.165) is 16.3 Å². The number of imidazole rings is 1. The van der Waals surface area contributed by atoms with Crippen LogP contribution in [0.15, 0.2) is 53.6 Å². The van der Waals surface area contributed by atoms with E-state index in [1.165, 1.54) is 10.9 Å². The Morgan fingerprint density at radius 3 is 2.44 bits per heavy atom. The molecular formula is C22H22N5Na2O11P. The van der Waals surface area contributed by atoms with Crippen LogP contribution in [0.5, 0.6) is 0 Å². The number of ether oxygens (including phenoxy) is 1. The van der Waals surface area contributed by atoms with E-state index in [0.29, 0.717) is 0 Å². The largest absolute Gasteiger partial charge is 1.00 e. The Kier molecular flexibility index (Phi) is 12.5. The molecule has 41 heavy (non-hydrogen) atoms. The Morgan fingerprint density at radius 1 is 1.17 bits per heavy atom. The van der Waals surface area contributed by atoms with Gasteiger partial charge in [0.2, 0.25) is 17.9 Å². The minimum atomic E-state index is -5.32. The maximum Gasteiger partial charge on any atom is 1.00 e. The molecule has 0 amide bonds. The van der Waals surface area contributed by atoms with E-state index >= 15 is 0 Å². The van der Waals surface area contributed by atoms with Gasteiger partial charge in [-0.1, -0.05) is 41.4 Å². The summed E-state index contributed by atoms with van der Waals surface area (Å²) < 4.78 is 23.6. The molecular weight excluding hydrogens is 587 g/mol. The smallest absolute Gasteiger partial charge is 0.790 e. The van der Waals surface area contributed by atoms with Crippen molar-refractivity contribution in [2.24, 2.45) is 0 Å². The molecule has 2 aromatic heterocycles. The van der Waals surface area contributed by atoms with Crippen LogP contribution in [0.4, 0.5) is 10.7 Å². The van der Waals surface area contributed by atoms with Crippen LogP contribution in [-0.4, -0.2) is 60.9 Å². The van der Waals surface area contributed by atoms with E-state index in [1.807, 2.05) is 42.5 Å². The molecule has 1 fully saturated rings. The summed E-state index contributed by atoms with van der Waals surface area (Å²) in [7, 11) is -5.32. The minimum Gasteiger partial charge on any atom is -0.790 e. The molecule has 1 saturated heterocycles. The summed E-state index contributed by atoms with van der Waals surface area (Å²) in [5.41, 5.74) is 6.30. The summed E-state index contributed by atoms with van der Waals surface area (Å²) in [5.74, 6) is -0.175. The van der Waals surface area contributed by atoms with Crippen LogP contribution in [0, 0.1) is 0 Å². The fraction of sp³-hybridized carbons (Fsp3) is 0.273. The van der Waals surface area contributed by atoms with Crippen molar-refractivity contribution in [3.8, 4) is 0 Å². The van der Waals surface area contributed by atoms with Crippen molar-refractivity contribution in [3.05, 3.63) is 64.7 Å². The number of carboxylic acid groups (broad SMARTS) is 2. The maximum atomic E-state index is 12.8. The van der Waals surface area contributed by atoms with Crippen molar-refractivity contribution in [1.29, 1.82) is 0 Å². The first-order valence-electron chi connectivity index (χ1n) is 11.2. The fourth-order valence-electron chi connectivity index (χ4n) is 4.27. The number of anilines is 1. The van der Waals surface area contributed by atoms with Gasteiger partial charge in [0.15, 0.2) is 6.33 Å². The number of fused-ring (bicyclic) bond motifs is 2. The van der Waals surface area contributed by atoms with Crippen molar-refractivity contribution < 1.29 is 113 Å². The molecule has 208 valence electrons. The molecule has 0 spiro atoms. The number of nitrogens with one attached hydrogen (secondary N) is 1. The van der Waals surface area contributed by atoms with Gasteiger partial charge in [-0.25, -0.2) is 4.57 Å². The first-order valence-corrected chi connectivity index (χ1v) is 12.7. The summed E-state index contributed by atoms with van der Waals surface area (Å²) >= 11 is 0. The molecule has 0 saturated carbocycles. The number of hydrogen-bond acceptors (Lipinski definition) is 12. The Bertz CT molecular complexity index is 1620. The molecule has 16 nitrogen and oxygen atoms in total. The van der Waals surface area contributed by atoms with Crippen LogP contribution in [-0.2, 0) is 20.4 Å². The second-order valence-electron chi connectivity index (χ2n) is 8.51. The van der Waals surface area contributed by atoms with E-state index in [4.69, 9.17) is 25.5 Å². The van der Waals surface area contributed by atoms with Crippen molar-refractivity contribution in [2.45, 2.75) is 31.1 Å². The number of aliphatic hydroxyl groups is 2. The van der Waals surface area contributed by atoms with Gasteiger partial charge in [-0.3, -0.25) is 14.3 Å². The molecule has 0 unspecified atom stereocenters. The zero-order chi connectivity index (χ0) is 28.5. The predicted molar refractivity (Wildman–Crippen MR) is 126 cm³/mol. The van der Waals surface area contributed by atoms with Crippen molar-refractivity contribution in [3.63, 3.8) is 0 Å². The number of H-pyrrole nitrogens is 1. The molecule has 1 aliphatic rings.